The zero-order chi connectivity index (χ0) is 14.4. The Bertz CT molecular complexity index is 649. The third-order valence-corrected chi connectivity index (χ3v) is 4.27. The van der Waals surface area contributed by atoms with Crippen LogP contribution in [0.4, 0.5) is 0 Å². The van der Waals surface area contributed by atoms with Crippen molar-refractivity contribution in [3.63, 3.8) is 0 Å². The predicted molar refractivity (Wildman–Crippen MR) is 80.3 cm³/mol. The summed E-state index contributed by atoms with van der Waals surface area (Å²) in [5.74, 6) is 6.00. The van der Waals surface area contributed by atoms with Crippen LogP contribution in [-0.4, -0.2) is 24.7 Å². The van der Waals surface area contributed by atoms with E-state index in [0.717, 1.165) is 10.4 Å². The highest BCUT2D eigenvalue weighted by Gasteiger charge is 2.09. The fraction of sp³-hybridized carbons (Fsp3) is 0.214. The van der Waals surface area contributed by atoms with Gasteiger partial charge in [-0.15, -0.1) is 22.7 Å². The molecular formula is C14H13NO3S2. The first kappa shape index (κ1) is 14.6. The first-order chi connectivity index (χ1) is 9.72. The highest BCUT2D eigenvalue weighted by Crippen LogP contribution is 2.21. The zero-order valence-corrected chi connectivity index (χ0v) is 12.4. The van der Waals surface area contributed by atoms with Gasteiger partial charge in [0.2, 0.25) is 0 Å². The molecule has 6 heteroatoms. The van der Waals surface area contributed by atoms with Crippen LogP contribution in [0.3, 0.4) is 0 Å². The van der Waals surface area contributed by atoms with Crippen molar-refractivity contribution in [1.29, 1.82) is 0 Å². The van der Waals surface area contributed by atoms with Crippen molar-refractivity contribution in [3.8, 4) is 17.6 Å². The van der Waals surface area contributed by atoms with Crippen LogP contribution in [0.25, 0.3) is 0 Å². The lowest BCUT2D eigenvalue weighted by molar-refractivity contribution is 0.0955. The highest BCUT2D eigenvalue weighted by molar-refractivity contribution is 7.12. The van der Waals surface area contributed by atoms with E-state index < -0.39 is 0 Å². The number of ether oxygens (including phenoxy) is 1. The molecule has 20 heavy (non-hydrogen) atoms. The van der Waals surface area contributed by atoms with E-state index in [1.54, 1.807) is 18.6 Å². The molecule has 104 valence electrons. The number of carbonyl (C=O) groups excluding carboxylic acids is 1. The lowest BCUT2D eigenvalue weighted by atomic mass is 10.3. The van der Waals surface area contributed by atoms with Crippen LogP contribution in [-0.2, 0) is 6.54 Å². The molecule has 1 amide bonds. The van der Waals surface area contributed by atoms with E-state index in [1.807, 2.05) is 11.4 Å². The number of hydrogen-bond acceptors (Lipinski definition) is 5. The van der Waals surface area contributed by atoms with Crippen LogP contribution in [0.2, 0.25) is 0 Å². The lowest BCUT2D eigenvalue weighted by Crippen LogP contribution is -2.21. The molecule has 2 rings (SSSR count). The van der Waals surface area contributed by atoms with Gasteiger partial charge in [0.25, 0.3) is 5.91 Å². The number of methoxy groups -OCH3 is 1. The maximum Gasteiger partial charge on any atom is 0.261 e. The molecule has 0 saturated heterocycles. The third kappa shape index (κ3) is 3.84. The molecule has 0 bridgehead atoms. The van der Waals surface area contributed by atoms with Crippen LogP contribution in [0.5, 0.6) is 5.75 Å². The minimum Gasteiger partial charge on any atom is -0.496 e. The van der Waals surface area contributed by atoms with E-state index in [0.29, 0.717) is 17.2 Å². The van der Waals surface area contributed by atoms with Crippen LogP contribution >= 0.6 is 22.7 Å². The summed E-state index contributed by atoms with van der Waals surface area (Å²) >= 11 is 2.88. The summed E-state index contributed by atoms with van der Waals surface area (Å²) < 4.78 is 5.05. The van der Waals surface area contributed by atoms with Gasteiger partial charge >= 0.3 is 0 Å². The van der Waals surface area contributed by atoms with E-state index in [1.165, 1.54) is 22.7 Å². The molecule has 0 saturated carbocycles. The Kier molecular flexibility index (Phi) is 5.18. The van der Waals surface area contributed by atoms with Crippen molar-refractivity contribution in [1.82, 2.24) is 5.32 Å². The second kappa shape index (κ2) is 7.10. The molecule has 0 unspecified atom stereocenters. The molecule has 0 aliphatic carbocycles. The number of amides is 1. The Labute approximate surface area is 125 Å². The van der Waals surface area contributed by atoms with Gasteiger partial charge in [0, 0.05) is 27.3 Å². The maximum absolute atomic E-state index is 11.9. The fourth-order valence-electron chi connectivity index (χ4n) is 1.48. The van der Waals surface area contributed by atoms with Gasteiger partial charge < -0.3 is 15.2 Å². The number of carbonyl (C=O) groups is 1. The number of thiophene rings is 2. The summed E-state index contributed by atoms with van der Waals surface area (Å²) in [7, 11) is 1.57. The first-order valence-electron chi connectivity index (χ1n) is 5.81. The molecule has 0 aliphatic rings. The van der Waals surface area contributed by atoms with Gasteiger partial charge in [-0.25, -0.2) is 0 Å². The van der Waals surface area contributed by atoms with Gasteiger partial charge in [-0.2, -0.15) is 0 Å². The normalized spacial score (nSPS) is 9.70. The SMILES string of the molecule is COc1csc(C(=O)NCc2cc(C#CCO)cs2)c1. The Balaban J connectivity index is 1.91. The van der Waals surface area contributed by atoms with Crippen LogP contribution in [0.1, 0.15) is 20.1 Å². The lowest BCUT2D eigenvalue weighted by Gasteiger charge is -2.00. The van der Waals surface area contributed by atoms with Crippen molar-refractivity contribution in [2.75, 3.05) is 13.7 Å². The largest absolute Gasteiger partial charge is 0.496 e. The minimum absolute atomic E-state index is 0.116. The van der Waals surface area contributed by atoms with Crippen LogP contribution in [0, 0.1) is 11.8 Å². The van der Waals surface area contributed by atoms with E-state index in [-0.39, 0.29) is 12.5 Å². The molecule has 0 aliphatic heterocycles. The molecule has 2 N–H and O–H groups in total. The molecule has 0 radical (unpaired) electrons. The van der Waals surface area contributed by atoms with E-state index in [4.69, 9.17) is 9.84 Å². The van der Waals surface area contributed by atoms with Crippen LogP contribution < -0.4 is 10.1 Å². The maximum atomic E-state index is 11.9. The monoisotopic (exact) mass is 307 g/mol. The third-order valence-electron chi connectivity index (χ3n) is 2.42. The molecule has 2 aromatic heterocycles. The van der Waals surface area contributed by atoms with Crippen molar-refractivity contribution in [3.05, 3.63) is 38.2 Å². The number of nitrogens with one attached hydrogen (secondary N) is 1. The Morgan fingerprint density at radius 3 is 2.95 bits per heavy atom. The second-order valence-electron chi connectivity index (χ2n) is 3.80. The number of hydrogen-bond donors (Lipinski definition) is 2. The number of aliphatic hydroxyl groups is 1. The Morgan fingerprint density at radius 2 is 2.25 bits per heavy atom. The second-order valence-corrected chi connectivity index (χ2v) is 5.70. The quantitative estimate of drug-likeness (QED) is 0.850. The standard InChI is InChI=1S/C14H13NO3S2/c1-18-11-6-13(20-9-11)14(17)15-7-12-5-10(8-19-12)3-2-4-16/h5-6,8-9,16H,4,7H2,1H3,(H,15,17). The summed E-state index contributed by atoms with van der Waals surface area (Å²) in [6.07, 6.45) is 0. The van der Waals surface area contributed by atoms with E-state index in [9.17, 15) is 4.79 Å². The summed E-state index contributed by atoms with van der Waals surface area (Å²) in [6.45, 7) is 0.312. The van der Waals surface area contributed by atoms with Gasteiger partial charge in [-0.05, 0) is 6.07 Å². The molecule has 0 fully saturated rings. The van der Waals surface area contributed by atoms with E-state index in [2.05, 4.69) is 17.2 Å². The summed E-state index contributed by atoms with van der Waals surface area (Å²) in [4.78, 5) is 13.6. The summed E-state index contributed by atoms with van der Waals surface area (Å²) in [6, 6.07) is 3.62. The van der Waals surface area contributed by atoms with Gasteiger partial charge in [0.1, 0.15) is 12.4 Å². The molecule has 0 atom stereocenters. The molecule has 2 aromatic rings. The van der Waals surface area contributed by atoms with Crippen molar-refractivity contribution in [2.45, 2.75) is 6.54 Å². The average molecular weight is 307 g/mol. The van der Waals surface area contributed by atoms with Crippen molar-refractivity contribution >= 4 is 28.6 Å². The average Bonchev–Trinajstić information content (AvgIpc) is 3.11. The van der Waals surface area contributed by atoms with E-state index >= 15 is 0 Å². The van der Waals surface area contributed by atoms with Gasteiger partial charge in [0.05, 0.1) is 18.5 Å². The zero-order valence-electron chi connectivity index (χ0n) is 10.8. The Hall–Kier alpha value is -1.81. The molecule has 2 heterocycles. The van der Waals surface area contributed by atoms with Gasteiger partial charge in [-0.1, -0.05) is 11.8 Å². The first-order valence-corrected chi connectivity index (χ1v) is 7.56. The topological polar surface area (TPSA) is 58.6 Å². The number of rotatable bonds is 4. The summed E-state index contributed by atoms with van der Waals surface area (Å²) in [5.41, 5.74) is 0.853. The summed E-state index contributed by atoms with van der Waals surface area (Å²) in [5, 5.41) is 15.2. The fourth-order valence-corrected chi connectivity index (χ4v) is 3.01. The van der Waals surface area contributed by atoms with Crippen molar-refractivity contribution in [2.24, 2.45) is 0 Å². The smallest absolute Gasteiger partial charge is 0.261 e. The van der Waals surface area contributed by atoms with Crippen molar-refractivity contribution < 1.29 is 14.6 Å². The van der Waals surface area contributed by atoms with Gasteiger partial charge in [-0.3, -0.25) is 4.79 Å². The van der Waals surface area contributed by atoms with Crippen LogP contribution in [0.15, 0.2) is 22.9 Å². The molecule has 4 nitrogen and oxygen atoms in total. The molecule has 0 spiro atoms. The minimum atomic E-state index is -0.151. The Morgan fingerprint density at radius 1 is 1.40 bits per heavy atom. The molecular weight excluding hydrogens is 294 g/mol. The predicted octanol–water partition coefficient (Wildman–Crippen LogP) is 2.09. The number of aliphatic hydroxyl groups excluding tert-OH is 1. The highest BCUT2D eigenvalue weighted by atomic mass is 32.1. The molecule has 0 aromatic carbocycles. The van der Waals surface area contributed by atoms with Gasteiger partial charge in [0.15, 0.2) is 0 Å².